The number of likely N-dealkylation sites (tertiary alicyclic amines) is 1. The fraction of sp³-hybridized carbons (Fsp3) is 0.273. The van der Waals surface area contributed by atoms with Crippen molar-refractivity contribution in [3.8, 4) is 0 Å². The maximum atomic E-state index is 13.1. The summed E-state index contributed by atoms with van der Waals surface area (Å²) in [6.45, 7) is 3.63. The number of nitrogens with zero attached hydrogens (tertiary/aromatic N) is 1. The number of hydrogen-bond donors (Lipinski definition) is 1. The largest absolute Gasteiger partial charge is 0.449 e. The van der Waals surface area contributed by atoms with Gasteiger partial charge >= 0.3 is 0 Å². The van der Waals surface area contributed by atoms with Crippen LogP contribution >= 0.6 is 0 Å². The minimum Gasteiger partial charge on any atom is -0.449 e. The zero-order valence-corrected chi connectivity index (χ0v) is 15.3. The first kappa shape index (κ1) is 17.3. The zero-order valence-electron chi connectivity index (χ0n) is 15.3. The average molecular weight is 362 g/mol. The molecule has 5 nitrogen and oxygen atoms in total. The summed E-state index contributed by atoms with van der Waals surface area (Å²) in [5, 5.41) is 3.63. The Kier molecular flexibility index (Phi) is 4.67. The molecule has 0 aliphatic carbocycles. The molecule has 1 aliphatic heterocycles. The van der Waals surface area contributed by atoms with Gasteiger partial charge in [-0.1, -0.05) is 37.3 Å². The van der Waals surface area contributed by atoms with E-state index in [-0.39, 0.29) is 17.6 Å². The van der Waals surface area contributed by atoms with Gasteiger partial charge in [0.05, 0.1) is 0 Å². The number of benzene rings is 2. The molecule has 0 bridgehead atoms. The van der Waals surface area contributed by atoms with Crippen LogP contribution in [0, 0.1) is 5.92 Å². The summed E-state index contributed by atoms with van der Waals surface area (Å²) in [5.41, 5.74) is 1.57. The third kappa shape index (κ3) is 3.45. The summed E-state index contributed by atoms with van der Waals surface area (Å²) in [5.74, 6) is 0.405. The second-order valence-electron chi connectivity index (χ2n) is 7.10. The summed E-state index contributed by atoms with van der Waals surface area (Å²) in [6.07, 6.45) is 1.97. The van der Waals surface area contributed by atoms with Crippen LogP contribution in [0.1, 0.15) is 40.7 Å². The summed E-state index contributed by atoms with van der Waals surface area (Å²) in [6, 6.07) is 16.3. The molecule has 2 amide bonds. The SMILES string of the molecule is CC1CCN(C(=O)c2oc3ccccc3c2NC(=O)c2ccccc2)CC1. The van der Waals surface area contributed by atoms with Crippen LogP contribution in [0.4, 0.5) is 5.69 Å². The van der Waals surface area contributed by atoms with Gasteiger partial charge in [-0.25, -0.2) is 0 Å². The molecule has 2 heterocycles. The zero-order chi connectivity index (χ0) is 18.8. The molecule has 0 atom stereocenters. The molecule has 1 aromatic heterocycles. The minimum absolute atomic E-state index is 0.165. The Hall–Kier alpha value is -3.08. The van der Waals surface area contributed by atoms with Crippen LogP contribution < -0.4 is 5.32 Å². The van der Waals surface area contributed by atoms with E-state index in [1.165, 1.54) is 0 Å². The Labute approximate surface area is 158 Å². The molecule has 0 spiro atoms. The number of fused-ring (bicyclic) bond motifs is 1. The van der Waals surface area contributed by atoms with Crippen LogP contribution in [-0.4, -0.2) is 29.8 Å². The van der Waals surface area contributed by atoms with Crippen molar-refractivity contribution in [2.45, 2.75) is 19.8 Å². The lowest BCUT2D eigenvalue weighted by molar-refractivity contribution is 0.0669. The van der Waals surface area contributed by atoms with Crippen LogP contribution in [0.15, 0.2) is 59.0 Å². The van der Waals surface area contributed by atoms with Gasteiger partial charge in [0.2, 0.25) is 5.76 Å². The molecule has 27 heavy (non-hydrogen) atoms. The van der Waals surface area contributed by atoms with Crippen molar-refractivity contribution >= 4 is 28.5 Å². The van der Waals surface area contributed by atoms with Gasteiger partial charge in [-0.05, 0) is 43.0 Å². The van der Waals surface area contributed by atoms with Crippen molar-refractivity contribution in [3.05, 3.63) is 65.9 Å². The molecule has 0 saturated carbocycles. The molecule has 4 rings (SSSR count). The number of rotatable bonds is 3. The van der Waals surface area contributed by atoms with Crippen LogP contribution in [0.25, 0.3) is 11.0 Å². The number of amides is 2. The lowest BCUT2D eigenvalue weighted by atomic mass is 9.99. The highest BCUT2D eigenvalue weighted by atomic mass is 16.3. The molecule has 5 heteroatoms. The smallest absolute Gasteiger partial charge is 0.291 e. The first-order valence-electron chi connectivity index (χ1n) is 9.30. The molecule has 0 radical (unpaired) electrons. The van der Waals surface area contributed by atoms with Gasteiger partial charge in [0, 0.05) is 24.0 Å². The molecule has 2 aromatic carbocycles. The maximum Gasteiger partial charge on any atom is 0.291 e. The van der Waals surface area contributed by atoms with E-state index in [9.17, 15) is 9.59 Å². The minimum atomic E-state index is -0.261. The Bertz CT molecular complexity index is 970. The second-order valence-corrected chi connectivity index (χ2v) is 7.10. The van der Waals surface area contributed by atoms with Gasteiger partial charge in [0.25, 0.3) is 11.8 Å². The Balaban J connectivity index is 1.69. The number of nitrogens with one attached hydrogen (secondary N) is 1. The van der Waals surface area contributed by atoms with Crippen molar-refractivity contribution in [1.29, 1.82) is 0 Å². The monoisotopic (exact) mass is 362 g/mol. The molecule has 0 unspecified atom stereocenters. The van der Waals surface area contributed by atoms with E-state index < -0.39 is 0 Å². The predicted molar refractivity (Wildman–Crippen MR) is 105 cm³/mol. The summed E-state index contributed by atoms with van der Waals surface area (Å²) in [4.78, 5) is 27.6. The van der Waals surface area contributed by atoms with E-state index in [4.69, 9.17) is 4.42 Å². The molecule has 1 N–H and O–H groups in total. The van der Waals surface area contributed by atoms with E-state index in [2.05, 4.69) is 12.2 Å². The first-order chi connectivity index (χ1) is 13.1. The van der Waals surface area contributed by atoms with Crippen LogP contribution in [-0.2, 0) is 0 Å². The van der Waals surface area contributed by atoms with Gasteiger partial charge in [-0.3, -0.25) is 9.59 Å². The molecule has 1 saturated heterocycles. The average Bonchev–Trinajstić information content (AvgIpc) is 3.07. The van der Waals surface area contributed by atoms with E-state index >= 15 is 0 Å². The van der Waals surface area contributed by atoms with Crippen molar-refractivity contribution < 1.29 is 14.0 Å². The van der Waals surface area contributed by atoms with E-state index in [1.54, 1.807) is 12.1 Å². The molecule has 138 valence electrons. The number of piperidine rings is 1. The van der Waals surface area contributed by atoms with E-state index in [1.807, 2.05) is 47.4 Å². The van der Waals surface area contributed by atoms with Crippen molar-refractivity contribution in [2.24, 2.45) is 5.92 Å². The topological polar surface area (TPSA) is 62.6 Å². The van der Waals surface area contributed by atoms with Crippen LogP contribution in [0.3, 0.4) is 0 Å². The number of carbonyl (C=O) groups excluding carboxylic acids is 2. The lowest BCUT2D eigenvalue weighted by Gasteiger charge is -2.29. The Morgan fingerprint density at radius 2 is 1.67 bits per heavy atom. The number of furan rings is 1. The summed E-state index contributed by atoms with van der Waals surface area (Å²) in [7, 11) is 0. The number of para-hydroxylation sites is 1. The number of hydrogen-bond acceptors (Lipinski definition) is 3. The Morgan fingerprint density at radius 1 is 1.00 bits per heavy atom. The second kappa shape index (κ2) is 7.27. The molecular formula is C22H22N2O3. The van der Waals surface area contributed by atoms with Crippen molar-refractivity contribution in [2.75, 3.05) is 18.4 Å². The maximum absolute atomic E-state index is 13.1. The van der Waals surface area contributed by atoms with Crippen LogP contribution in [0.5, 0.6) is 0 Å². The molecule has 1 aliphatic rings. The Morgan fingerprint density at radius 3 is 2.41 bits per heavy atom. The van der Waals surface area contributed by atoms with Crippen LogP contribution in [0.2, 0.25) is 0 Å². The number of carbonyl (C=O) groups is 2. The van der Waals surface area contributed by atoms with Gasteiger partial charge in [0.15, 0.2) is 0 Å². The van der Waals surface area contributed by atoms with Gasteiger partial charge < -0.3 is 14.6 Å². The third-order valence-electron chi connectivity index (χ3n) is 5.14. The van der Waals surface area contributed by atoms with Crippen molar-refractivity contribution in [1.82, 2.24) is 4.90 Å². The number of anilines is 1. The van der Waals surface area contributed by atoms with E-state index in [0.717, 1.165) is 18.2 Å². The molecule has 1 fully saturated rings. The van der Waals surface area contributed by atoms with Gasteiger partial charge in [-0.15, -0.1) is 0 Å². The highest BCUT2D eigenvalue weighted by Crippen LogP contribution is 2.33. The molecular weight excluding hydrogens is 340 g/mol. The normalized spacial score (nSPS) is 15.1. The summed E-state index contributed by atoms with van der Waals surface area (Å²) >= 11 is 0. The first-order valence-corrected chi connectivity index (χ1v) is 9.30. The molecule has 3 aromatic rings. The fourth-order valence-corrected chi connectivity index (χ4v) is 3.45. The summed E-state index contributed by atoms with van der Waals surface area (Å²) < 4.78 is 5.87. The fourth-order valence-electron chi connectivity index (χ4n) is 3.45. The van der Waals surface area contributed by atoms with Crippen molar-refractivity contribution in [3.63, 3.8) is 0 Å². The van der Waals surface area contributed by atoms with E-state index in [0.29, 0.717) is 35.8 Å². The standard InChI is InChI=1S/C22H22N2O3/c1-15-11-13-24(14-12-15)22(26)20-19(17-9-5-6-10-18(17)27-20)23-21(25)16-7-3-2-4-8-16/h2-10,15H,11-14H2,1H3,(H,23,25). The highest BCUT2D eigenvalue weighted by Gasteiger charge is 2.28. The highest BCUT2D eigenvalue weighted by molar-refractivity contribution is 6.14. The quantitative estimate of drug-likeness (QED) is 0.743. The van der Waals surface area contributed by atoms with Gasteiger partial charge in [-0.2, -0.15) is 0 Å². The third-order valence-corrected chi connectivity index (χ3v) is 5.14. The predicted octanol–water partition coefficient (Wildman–Crippen LogP) is 4.56. The lowest BCUT2D eigenvalue weighted by Crippen LogP contribution is -2.38. The van der Waals surface area contributed by atoms with Gasteiger partial charge in [0.1, 0.15) is 11.3 Å².